The number of carbonyl (C=O) groups excluding carboxylic acids is 1. The van der Waals surface area contributed by atoms with Gasteiger partial charge >= 0.3 is 0 Å². The lowest BCUT2D eigenvalue weighted by Crippen LogP contribution is -2.35. The molecule has 132 valence electrons. The van der Waals surface area contributed by atoms with Crippen molar-refractivity contribution in [2.24, 2.45) is 11.8 Å². The van der Waals surface area contributed by atoms with Crippen molar-refractivity contribution in [1.29, 1.82) is 0 Å². The van der Waals surface area contributed by atoms with Gasteiger partial charge in [-0.2, -0.15) is 5.10 Å². The summed E-state index contributed by atoms with van der Waals surface area (Å²) in [6, 6.07) is 5.81. The Morgan fingerprint density at radius 1 is 1.24 bits per heavy atom. The van der Waals surface area contributed by atoms with Crippen LogP contribution >= 0.6 is 0 Å². The van der Waals surface area contributed by atoms with Crippen LogP contribution in [0.5, 0.6) is 0 Å². The van der Waals surface area contributed by atoms with Crippen molar-refractivity contribution < 1.29 is 9.53 Å². The van der Waals surface area contributed by atoms with E-state index < -0.39 is 0 Å². The fourth-order valence-corrected chi connectivity index (χ4v) is 4.23. The van der Waals surface area contributed by atoms with E-state index in [1.165, 1.54) is 19.4 Å². The third-order valence-corrected chi connectivity index (χ3v) is 5.77. The summed E-state index contributed by atoms with van der Waals surface area (Å²) in [5, 5.41) is 4.30. The molecule has 0 radical (unpaired) electrons. The predicted molar refractivity (Wildman–Crippen MR) is 93.5 cm³/mol. The monoisotopic (exact) mass is 340 g/mol. The average Bonchev–Trinajstić information content (AvgIpc) is 3.25. The van der Waals surface area contributed by atoms with Crippen LogP contribution < -0.4 is 0 Å². The summed E-state index contributed by atoms with van der Waals surface area (Å²) in [7, 11) is 0. The number of nitrogens with zero attached hydrogens (tertiary/aromatic N) is 4. The third kappa shape index (κ3) is 2.93. The first-order valence-corrected chi connectivity index (χ1v) is 9.33. The summed E-state index contributed by atoms with van der Waals surface area (Å²) in [5.74, 6) is 1.40. The van der Waals surface area contributed by atoms with E-state index in [2.05, 4.69) is 10.00 Å². The van der Waals surface area contributed by atoms with Crippen LogP contribution in [0.2, 0.25) is 0 Å². The molecule has 1 saturated carbocycles. The van der Waals surface area contributed by atoms with Gasteiger partial charge in [-0.05, 0) is 30.9 Å². The number of carbonyl (C=O) groups is 1. The van der Waals surface area contributed by atoms with E-state index in [0.29, 0.717) is 18.0 Å². The first-order valence-electron chi connectivity index (χ1n) is 9.33. The van der Waals surface area contributed by atoms with Crippen molar-refractivity contribution >= 4 is 11.4 Å². The van der Waals surface area contributed by atoms with Crippen molar-refractivity contribution in [3.8, 4) is 0 Å². The van der Waals surface area contributed by atoms with Gasteiger partial charge in [-0.3, -0.25) is 4.79 Å². The second-order valence-electron chi connectivity index (χ2n) is 7.67. The molecular weight excluding hydrogens is 316 g/mol. The zero-order chi connectivity index (χ0) is 16.8. The van der Waals surface area contributed by atoms with Gasteiger partial charge in [0.2, 0.25) is 0 Å². The van der Waals surface area contributed by atoms with E-state index in [1.807, 2.05) is 29.3 Å². The van der Waals surface area contributed by atoms with Gasteiger partial charge in [-0.15, -0.1) is 0 Å². The van der Waals surface area contributed by atoms with E-state index in [-0.39, 0.29) is 12.0 Å². The molecular formula is C19H24N4O2. The van der Waals surface area contributed by atoms with Gasteiger partial charge in [0.15, 0.2) is 0 Å². The minimum absolute atomic E-state index is 0.0756. The van der Waals surface area contributed by atoms with Gasteiger partial charge in [0.25, 0.3) is 5.91 Å². The van der Waals surface area contributed by atoms with Gasteiger partial charge in [0.05, 0.1) is 30.0 Å². The lowest BCUT2D eigenvalue weighted by Gasteiger charge is -2.23. The number of pyridine rings is 1. The van der Waals surface area contributed by atoms with Crippen LogP contribution in [0.25, 0.3) is 5.52 Å². The zero-order valence-corrected chi connectivity index (χ0v) is 14.4. The van der Waals surface area contributed by atoms with Crippen LogP contribution in [-0.2, 0) is 4.74 Å². The number of aromatic nitrogens is 2. The Hall–Kier alpha value is -1.92. The van der Waals surface area contributed by atoms with Crippen LogP contribution in [0.4, 0.5) is 0 Å². The second-order valence-corrected chi connectivity index (χ2v) is 7.67. The van der Waals surface area contributed by atoms with E-state index >= 15 is 0 Å². The Morgan fingerprint density at radius 2 is 2.16 bits per heavy atom. The molecule has 2 aromatic heterocycles. The molecule has 3 fully saturated rings. The van der Waals surface area contributed by atoms with Crippen LogP contribution in [0.3, 0.4) is 0 Å². The average molecular weight is 340 g/mol. The molecule has 2 atom stereocenters. The molecule has 6 heteroatoms. The Morgan fingerprint density at radius 3 is 3.04 bits per heavy atom. The Balaban J connectivity index is 1.31. The number of hydrogen-bond donors (Lipinski definition) is 0. The van der Waals surface area contributed by atoms with Crippen molar-refractivity contribution in [2.75, 3.05) is 39.3 Å². The number of rotatable bonds is 3. The summed E-state index contributed by atoms with van der Waals surface area (Å²) in [4.78, 5) is 17.5. The van der Waals surface area contributed by atoms with Crippen LogP contribution in [0.15, 0.2) is 30.6 Å². The number of hydrogen-bond acceptors (Lipinski definition) is 4. The Labute approximate surface area is 147 Å². The molecule has 2 saturated heterocycles. The maximum absolute atomic E-state index is 13.0. The molecule has 2 aromatic rings. The van der Waals surface area contributed by atoms with Gasteiger partial charge in [0, 0.05) is 44.8 Å². The van der Waals surface area contributed by atoms with Gasteiger partial charge < -0.3 is 14.5 Å². The molecule has 0 spiro atoms. The zero-order valence-electron chi connectivity index (χ0n) is 14.4. The summed E-state index contributed by atoms with van der Waals surface area (Å²) >= 11 is 0. The van der Waals surface area contributed by atoms with Crippen LogP contribution in [0.1, 0.15) is 23.2 Å². The first kappa shape index (κ1) is 15.3. The van der Waals surface area contributed by atoms with E-state index in [4.69, 9.17) is 4.74 Å². The highest BCUT2D eigenvalue weighted by Crippen LogP contribution is 2.32. The SMILES string of the molecule is O=C(c1cnn2ccccc12)N1C[C@@H]2CN(CC3CC3)CCO[C@@H]2C1. The highest BCUT2D eigenvalue weighted by Gasteiger charge is 2.40. The van der Waals surface area contributed by atoms with Crippen molar-refractivity contribution in [3.05, 3.63) is 36.2 Å². The summed E-state index contributed by atoms with van der Waals surface area (Å²) < 4.78 is 7.85. The Kier molecular flexibility index (Phi) is 3.75. The molecule has 5 rings (SSSR count). The van der Waals surface area contributed by atoms with E-state index in [1.54, 1.807) is 10.7 Å². The largest absolute Gasteiger partial charge is 0.375 e. The second kappa shape index (κ2) is 6.11. The molecule has 2 aliphatic heterocycles. The fraction of sp³-hybridized carbons (Fsp3) is 0.579. The molecule has 1 amide bonds. The van der Waals surface area contributed by atoms with Crippen molar-refractivity contribution in [2.45, 2.75) is 18.9 Å². The molecule has 3 aliphatic rings. The van der Waals surface area contributed by atoms with E-state index in [9.17, 15) is 4.79 Å². The van der Waals surface area contributed by atoms with Gasteiger partial charge in [0.1, 0.15) is 0 Å². The summed E-state index contributed by atoms with van der Waals surface area (Å²) in [6.07, 6.45) is 6.50. The lowest BCUT2D eigenvalue weighted by molar-refractivity contribution is 0.0484. The molecule has 25 heavy (non-hydrogen) atoms. The third-order valence-electron chi connectivity index (χ3n) is 5.77. The summed E-state index contributed by atoms with van der Waals surface area (Å²) in [6.45, 7) is 5.56. The number of likely N-dealkylation sites (tertiary alicyclic amines) is 1. The quantitative estimate of drug-likeness (QED) is 0.850. The first-order chi connectivity index (χ1) is 12.3. The standard InChI is InChI=1S/C19H24N4O2/c24-19(16-9-20-23-6-2-1-3-17(16)23)22-12-15-11-21(10-14-4-5-14)7-8-25-18(15)13-22/h1-3,6,9,14-15,18H,4-5,7-8,10-13H2/t15-,18+/m0/s1. The highest BCUT2D eigenvalue weighted by atomic mass is 16.5. The van der Waals surface area contributed by atoms with Crippen LogP contribution in [-0.4, -0.2) is 70.8 Å². The highest BCUT2D eigenvalue weighted by molar-refractivity contribution is 6.00. The molecule has 0 bridgehead atoms. The lowest BCUT2D eigenvalue weighted by atomic mass is 10.1. The minimum Gasteiger partial charge on any atom is -0.375 e. The summed E-state index contributed by atoms with van der Waals surface area (Å²) in [5.41, 5.74) is 1.56. The number of ether oxygens (including phenoxy) is 1. The van der Waals surface area contributed by atoms with E-state index in [0.717, 1.165) is 37.7 Å². The number of amides is 1. The fourth-order valence-electron chi connectivity index (χ4n) is 4.23. The predicted octanol–water partition coefficient (Wildman–Crippen LogP) is 1.52. The normalized spacial score (nSPS) is 27.4. The molecule has 0 N–H and O–H groups in total. The Bertz CT molecular complexity index is 785. The molecule has 6 nitrogen and oxygen atoms in total. The smallest absolute Gasteiger partial charge is 0.257 e. The molecule has 4 heterocycles. The number of fused-ring (bicyclic) bond motifs is 2. The molecule has 1 aliphatic carbocycles. The molecule has 0 unspecified atom stereocenters. The van der Waals surface area contributed by atoms with Crippen molar-refractivity contribution in [3.63, 3.8) is 0 Å². The van der Waals surface area contributed by atoms with Gasteiger partial charge in [-0.25, -0.2) is 4.52 Å². The maximum Gasteiger partial charge on any atom is 0.257 e. The topological polar surface area (TPSA) is 50.1 Å². The van der Waals surface area contributed by atoms with Crippen LogP contribution in [0, 0.1) is 11.8 Å². The maximum atomic E-state index is 13.0. The molecule has 0 aromatic carbocycles. The van der Waals surface area contributed by atoms with Crippen molar-refractivity contribution in [1.82, 2.24) is 19.4 Å². The van der Waals surface area contributed by atoms with Gasteiger partial charge in [-0.1, -0.05) is 6.07 Å². The minimum atomic E-state index is 0.0756.